The van der Waals surface area contributed by atoms with Crippen LogP contribution in [0.5, 0.6) is 5.75 Å². The highest BCUT2D eigenvalue weighted by Crippen LogP contribution is 2.25. The molecule has 0 unspecified atom stereocenters. The summed E-state index contributed by atoms with van der Waals surface area (Å²) in [5.74, 6) is 0.0834. The molecule has 0 spiro atoms. The van der Waals surface area contributed by atoms with E-state index in [9.17, 15) is 9.90 Å². The van der Waals surface area contributed by atoms with Crippen molar-refractivity contribution >= 4 is 11.7 Å². The number of ether oxygens (including phenoxy) is 2. The molecule has 5 heteroatoms. The van der Waals surface area contributed by atoms with E-state index < -0.39 is 18.1 Å². The van der Waals surface area contributed by atoms with E-state index in [4.69, 9.17) is 9.47 Å². The lowest BCUT2D eigenvalue weighted by molar-refractivity contribution is -0.153. The first-order chi connectivity index (χ1) is 11.2. The first kappa shape index (κ1) is 16.8. The molecule has 0 heterocycles. The normalized spacial score (nSPS) is 13.0. The number of benzene rings is 2. The van der Waals surface area contributed by atoms with Gasteiger partial charge in [0.15, 0.2) is 6.10 Å². The number of hydrogen-bond acceptors (Lipinski definition) is 5. The van der Waals surface area contributed by atoms with Crippen LogP contribution in [-0.2, 0) is 9.53 Å². The molecule has 0 saturated heterocycles. The van der Waals surface area contributed by atoms with Crippen molar-refractivity contribution < 1.29 is 19.4 Å². The second-order valence-electron chi connectivity index (χ2n) is 4.96. The van der Waals surface area contributed by atoms with Gasteiger partial charge in [0.25, 0.3) is 0 Å². The first-order valence-corrected chi connectivity index (χ1v) is 7.46. The van der Waals surface area contributed by atoms with Crippen LogP contribution in [0.2, 0.25) is 0 Å². The number of aliphatic hydroxyl groups is 1. The summed E-state index contributed by atoms with van der Waals surface area (Å²) in [6, 6.07) is 16.0. The fourth-order valence-corrected chi connectivity index (χ4v) is 2.24. The van der Waals surface area contributed by atoms with Crippen LogP contribution in [0.15, 0.2) is 54.6 Å². The van der Waals surface area contributed by atoms with Crippen LogP contribution < -0.4 is 10.1 Å². The predicted molar refractivity (Wildman–Crippen MR) is 88.4 cm³/mol. The van der Waals surface area contributed by atoms with Gasteiger partial charge in [-0.1, -0.05) is 30.3 Å². The Labute approximate surface area is 135 Å². The van der Waals surface area contributed by atoms with Crippen LogP contribution in [0.4, 0.5) is 5.69 Å². The summed E-state index contributed by atoms with van der Waals surface area (Å²) >= 11 is 0. The Balaban J connectivity index is 2.24. The average Bonchev–Trinajstić information content (AvgIpc) is 2.60. The van der Waals surface area contributed by atoms with Crippen molar-refractivity contribution in [1.29, 1.82) is 0 Å². The fourth-order valence-electron chi connectivity index (χ4n) is 2.24. The molecule has 0 saturated carbocycles. The average molecular weight is 315 g/mol. The van der Waals surface area contributed by atoms with Gasteiger partial charge in [0.05, 0.1) is 19.8 Å². The van der Waals surface area contributed by atoms with Gasteiger partial charge in [0.1, 0.15) is 5.75 Å². The van der Waals surface area contributed by atoms with E-state index in [1.165, 1.54) is 0 Å². The third-order valence-electron chi connectivity index (χ3n) is 3.41. The highest BCUT2D eigenvalue weighted by atomic mass is 16.5. The Hall–Kier alpha value is -2.53. The third kappa shape index (κ3) is 4.47. The van der Waals surface area contributed by atoms with Gasteiger partial charge in [-0.3, -0.25) is 0 Å². The monoisotopic (exact) mass is 315 g/mol. The van der Waals surface area contributed by atoms with Crippen molar-refractivity contribution in [3.8, 4) is 5.75 Å². The van der Waals surface area contributed by atoms with Gasteiger partial charge in [-0.2, -0.15) is 0 Å². The van der Waals surface area contributed by atoms with Crippen LogP contribution >= 0.6 is 0 Å². The molecule has 0 aliphatic heterocycles. The van der Waals surface area contributed by atoms with Crippen LogP contribution in [0.3, 0.4) is 0 Å². The van der Waals surface area contributed by atoms with Crippen LogP contribution in [-0.4, -0.2) is 30.9 Å². The van der Waals surface area contributed by atoms with Gasteiger partial charge in [-0.25, -0.2) is 4.79 Å². The van der Waals surface area contributed by atoms with Gasteiger partial charge in [0.2, 0.25) is 0 Å². The highest BCUT2D eigenvalue weighted by Gasteiger charge is 2.28. The van der Waals surface area contributed by atoms with Gasteiger partial charge in [-0.05, 0) is 36.8 Å². The van der Waals surface area contributed by atoms with E-state index in [0.29, 0.717) is 0 Å². The van der Waals surface area contributed by atoms with Crippen molar-refractivity contribution in [2.24, 2.45) is 0 Å². The molecule has 0 aliphatic carbocycles. The van der Waals surface area contributed by atoms with Crippen molar-refractivity contribution in [3.05, 3.63) is 60.2 Å². The number of nitrogens with one attached hydrogen (secondary N) is 1. The van der Waals surface area contributed by atoms with E-state index in [2.05, 4.69) is 5.32 Å². The molecule has 2 rings (SSSR count). The topological polar surface area (TPSA) is 67.8 Å². The molecule has 122 valence electrons. The summed E-state index contributed by atoms with van der Waals surface area (Å²) in [5.41, 5.74) is 1.56. The number of hydrogen-bond donors (Lipinski definition) is 2. The molecule has 2 N–H and O–H groups in total. The predicted octanol–water partition coefficient (Wildman–Crippen LogP) is 2.77. The molecule has 23 heavy (non-hydrogen) atoms. The number of methoxy groups -OCH3 is 1. The lowest BCUT2D eigenvalue weighted by atomic mass is 10.0. The standard InChI is InChI=1S/C18H21NO4/c1-3-23-18(21)17(20)16(13-7-5-4-6-8-13)19-14-9-11-15(22-2)12-10-14/h4-12,16-17,19-20H,3H2,1-2H3/t16-,17+/m1/s1. The van der Waals surface area contributed by atoms with Crippen molar-refractivity contribution in [2.75, 3.05) is 19.0 Å². The maximum atomic E-state index is 11.9. The summed E-state index contributed by atoms with van der Waals surface area (Å²) in [7, 11) is 1.60. The van der Waals surface area contributed by atoms with E-state index in [-0.39, 0.29) is 6.61 Å². The Morgan fingerprint density at radius 3 is 2.35 bits per heavy atom. The molecular weight excluding hydrogens is 294 g/mol. The van der Waals surface area contributed by atoms with E-state index in [0.717, 1.165) is 17.0 Å². The Morgan fingerprint density at radius 2 is 1.78 bits per heavy atom. The largest absolute Gasteiger partial charge is 0.497 e. The van der Waals surface area contributed by atoms with Crippen LogP contribution in [0.1, 0.15) is 18.5 Å². The number of carbonyl (C=O) groups is 1. The van der Waals surface area contributed by atoms with Gasteiger partial charge >= 0.3 is 5.97 Å². The summed E-state index contributed by atoms with van der Waals surface area (Å²) in [6.45, 7) is 1.93. The molecule has 2 aromatic carbocycles. The molecule has 5 nitrogen and oxygen atoms in total. The summed E-state index contributed by atoms with van der Waals surface area (Å²) in [5, 5.41) is 13.5. The Kier molecular flexibility index (Phi) is 6.00. The van der Waals surface area contributed by atoms with Gasteiger partial charge in [-0.15, -0.1) is 0 Å². The zero-order valence-corrected chi connectivity index (χ0v) is 13.2. The molecule has 2 atom stereocenters. The van der Waals surface area contributed by atoms with E-state index in [1.54, 1.807) is 26.2 Å². The number of rotatable bonds is 7. The SMILES string of the molecule is CCOC(=O)[C@@H](O)[C@H](Nc1ccc(OC)cc1)c1ccccc1. The minimum Gasteiger partial charge on any atom is -0.497 e. The molecular formula is C18H21NO4. The minimum atomic E-state index is -1.31. The zero-order valence-electron chi connectivity index (χ0n) is 13.2. The highest BCUT2D eigenvalue weighted by molar-refractivity contribution is 5.76. The maximum absolute atomic E-state index is 11.9. The fraction of sp³-hybridized carbons (Fsp3) is 0.278. The summed E-state index contributed by atoms with van der Waals surface area (Å²) in [4.78, 5) is 11.9. The van der Waals surface area contributed by atoms with E-state index in [1.807, 2.05) is 42.5 Å². The smallest absolute Gasteiger partial charge is 0.337 e. The van der Waals surface area contributed by atoms with Gasteiger partial charge < -0.3 is 19.9 Å². The number of esters is 1. The van der Waals surface area contributed by atoms with Gasteiger partial charge in [0, 0.05) is 5.69 Å². The molecule has 2 aromatic rings. The number of aliphatic hydroxyl groups excluding tert-OH is 1. The van der Waals surface area contributed by atoms with E-state index >= 15 is 0 Å². The second kappa shape index (κ2) is 8.19. The maximum Gasteiger partial charge on any atom is 0.337 e. The molecule has 0 radical (unpaired) electrons. The minimum absolute atomic E-state index is 0.222. The lowest BCUT2D eigenvalue weighted by Gasteiger charge is -2.24. The Bertz CT molecular complexity index is 613. The molecule has 0 fully saturated rings. The van der Waals surface area contributed by atoms with Crippen molar-refractivity contribution in [1.82, 2.24) is 0 Å². The number of anilines is 1. The zero-order chi connectivity index (χ0) is 16.7. The molecule has 0 aromatic heterocycles. The van der Waals surface area contributed by atoms with Crippen LogP contribution in [0, 0.1) is 0 Å². The number of carbonyl (C=O) groups excluding carboxylic acids is 1. The molecule has 0 bridgehead atoms. The molecule has 0 amide bonds. The first-order valence-electron chi connectivity index (χ1n) is 7.46. The second-order valence-corrected chi connectivity index (χ2v) is 4.96. The third-order valence-corrected chi connectivity index (χ3v) is 3.41. The molecule has 0 aliphatic rings. The van der Waals surface area contributed by atoms with Crippen molar-refractivity contribution in [2.45, 2.75) is 19.1 Å². The summed E-state index contributed by atoms with van der Waals surface area (Å²) in [6.07, 6.45) is -1.31. The summed E-state index contributed by atoms with van der Waals surface area (Å²) < 4.78 is 10.1. The quantitative estimate of drug-likeness (QED) is 0.769. The Morgan fingerprint density at radius 1 is 1.13 bits per heavy atom. The van der Waals surface area contributed by atoms with Crippen LogP contribution in [0.25, 0.3) is 0 Å². The lowest BCUT2D eigenvalue weighted by Crippen LogP contribution is -2.34. The van der Waals surface area contributed by atoms with Crippen molar-refractivity contribution in [3.63, 3.8) is 0 Å².